The summed E-state index contributed by atoms with van der Waals surface area (Å²) in [4.78, 5) is 23.2. The lowest BCUT2D eigenvalue weighted by Gasteiger charge is -2.32. The average molecular weight is 256 g/mol. The minimum absolute atomic E-state index is 0.231. The first-order chi connectivity index (χ1) is 7.90. The molecule has 0 spiro atoms. The van der Waals surface area contributed by atoms with E-state index < -0.39 is 11.5 Å². The number of rotatable bonds is 5. The second-order valence-electron chi connectivity index (χ2n) is 4.10. The Kier molecular flexibility index (Phi) is 4.12. The van der Waals surface area contributed by atoms with Gasteiger partial charge in [-0.15, -0.1) is 0 Å². The van der Waals surface area contributed by atoms with E-state index in [1.165, 1.54) is 14.0 Å². The van der Waals surface area contributed by atoms with Crippen molar-refractivity contribution in [1.29, 1.82) is 0 Å². The van der Waals surface area contributed by atoms with Crippen molar-refractivity contribution in [3.8, 4) is 0 Å². The summed E-state index contributed by atoms with van der Waals surface area (Å²) in [6.07, 6.45) is 0.749. The van der Waals surface area contributed by atoms with E-state index in [0.717, 1.165) is 10.5 Å². The van der Waals surface area contributed by atoms with Crippen LogP contribution in [0.1, 0.15) is 12.5 Å². The number of nitrogens with zero attached hydrogens (tertiary/aromatic N) is 1. The summed E-state index contributed by atoms with van der Waals surface area (Å²) in [6, 6.07) is 6.89. The fourth-order valence-electron chi connectivity index (χ4n) is 1.47. The number of carboxylic acid groups (broad SMARTS) is 1. The van der Waals surface area contributed by atoms with Crippen molar-refractivity contribution in [1.82, 2.24) is 4.90 Å². The zero-order valence-electron chi connectivity index (χ0n) is 9.68. The van der Waals surface area contributed by atoms with Crippen molar-refractivity contribution in [2.24, 2.45) is 0 Å². The molecule has 0 fully saturated rings. The molecule has 0 heterocycles. The number of hydrogen-bond donors (Lipinski definition) is 1. The highest BCUT2D eigenvalue weighted by atomic mass is 35.5. The van der Waals surface area contributed by atoms with E-state index in [0.29, 0.717) is 11.4 Å². The van der Waals surface area contributed by atoms with Crippen LogP contribution in [0.4, 0.5) is 0 Å². The van der Waals surface area contributed by atoms with E-state index in [9.17, 15) is 14.7 Å². The molecule has 0 saturated heterocycles. The van der Waals surface area contributed by atoms with Crippen LogP contribution in [-0.4, -0.2) is 35.0 Å². The minimum Gasteiger partial charge on any atom is -0.479 e. The SMILES string of the molecule is CN(C=O)C(C)(Cc1ccc(Cl)cc1)C(=O)O. The molecule has 1 rings (SSSR count). The molecule has 1 aromatic rings. The minimum atomic E-state index is -1.25. The molecule has 1 aromatic carbocycles. The Balaban J connectivity index is 2.98. The van der Waals surface area contributed by atoms with Gasteiger partial charge >= 0.3 is 5.97 Å². The molecule has 1 amide bonds. The van der Waals surface area contributed by atoms with Crippen LogP contribution in [0.3, 0.4) is 0 Å². The summed E-state index contributed by atoms with van der Waals surface area (Å²) in [5.74, 6) is -1.04. The van der Waals surface area contributed by atoms with Crippen molar-refractivity contribution in [2.45, 2.75) is 18.9 Å². The lowest BCUT2D eigenvalue weighted by Crippen LogP contribution is -2.51. The summed E-state index contributed by atoms with van der Waals surface area (Å²) >= 11 is 5.75. The second kappa shape index (κ2) is 5.19. The van der Waals surface area contributed by atoms with E-state index in [2.05, 4.69) is 0 Å². The van der Waals surface area contributed by atoms with Crippen molar-refractivity contribution in [3.05, 3.63) is 34.9 Å². The van der Waals surface area contributed by atoms with Crippen LogP contribution in [0.5, 0.6) is 0 Å². The summed E-state index contributed by atoms with van der Waals surface area (Å²) < 4.78 is 0. The van der Waals surface area contributed by atoms with E-state index >= 15 is 0 Å². The smallest absolute Gasteiger partial charge is 0.329 e. The summed E-state index contributed by atoms with van der Waals surface area (Å²) in [7, 11) is 1.46. The third-order valence-corrected chi connectivity index (χ3v) is 3.11. The van der Waals surface area contributed by atoms with Gasteiger partial charge in [0.05, 0.1) is 0 Å². The molecule has 0 radical (unpaired) electrons. The Morgan fingerprint density at radius 1 is 1.47 bits per heavy atom. The average Bonchev–Trinajstić information content (AvgIpc) is 2.30. The quantitative estimate of drug-likeness (QED) is 0.817. The first-order valence-corrected chi connectivity index (χ1v) is 5.44. The van der Waals surface area contributed by atoms with Crippen molar-refractivity contribution >= 4 is 24.0 Å². The maximum Gasteiger partial charge on any atom is 0.329 e. The lowest BCUT2D eigenvalue weighted by atomic mass is 9.92. The van der Waals surface area contributed by atoms with Crippen LogP contribution in [0.25, 0.3) is 0 Å². The molecule has 4 nitrogen and oxygen atoms in total. The molecule has 92 valence electrons. The number of amides is 1. The molecule has 0 saturated carbocycles. The highest BCUT2D eigenvalue weighted by molar-refractivity contribution is 6.30. The van der Waals surface area contributed by atoms with Crippen LogP contribution in [0.15, 0.2) is 24.3 Å². The molecule has 0 aliphatic heterocycles. The van der Waals surface area contributed by atoms with Crippen LogP contribution in [-0.2, 0) is 16.0 Å². The second-order valence-corrected chi connectivity index (χ2v) is 4.53. The molecule has 17 heavy (non-hydrogen) atoms. The normalized spacial score (nSPS) is 13.8. The van der Waals surface area contributed by atoms with Gasteiger partial charge in [0.25, 0.3) is 0 Å². The van der Waals surface area contributed by atoms with Crippen molar-refractivity contribution in [2.75, 3.05) is 7.05 Å². The number of carboxylic acids is 1. The van der Waals surface area contributed by atoms with E-state index in [4.69, 9.17) is 11.6 Å². The first kappa shape index (κ1) is 13.5. The fraction of sp³-hybridized carbons (Fsp3) is 0.333. The number of halogens is 1. The van der Waals surface area contributed by atoms with Gasteiger partial charge in [-0.2, -0.15) is 0 Å². The molecule has 0 aliphatic carbocycles. The maximum absolute atomic E-state index is 11.3. The van der Waals surface area contributed by atoms with Gasteiger partial charge in [-0.1, -0.05) is 23.7 Å². The van der Waals surface area contributed by atoms with Gasteiger partial charge in [0.2, 0.25) is 6.41 Å². The van der Waals surface area contributed by atoms with Crippen molar-refractivity contribution in [3.63, 3.8) is 0 Å². The molecule has 1 atom stereocenters. The highest BCUT2D eigenvalue weighted by Crippen LogP contribution is 2.20. The zero-order valence-corrected chi connectivity index (χ0v) is 10.4. The monoisotopic (exact) mass is 255 g/mol. The number of carbonyl (C=O) groups is 2. The standard InChI is InChI=1S/C12H14ClNO3/c1-12(11(16)17,14(2)8-15)7-9-3-5-10(13)6-4-9/h3-6,8H,7H2,1-2H3,(H,16,17). The van der Waals surface area contributed by atoms with Gasteiger partial charge in [0, 0.05) is 18.5 Å². The largest absolute Gasteiger partial charge is 0.479 e. The Bertz CT molecular complexity index is 418. The fourth-order valence-corrected chi connectivity index (χ4v) is 1.59. The Labute approximate surface area is 105 Å². The van der Waals surface area contributed by atoms with Gasteiger partial charge in [-0.25, -0.2) is 4.79 Å². The van der Waals surface area contributed by atoms with Crippen LogP contribution in [0.2, 0.25) is 5.02 Å². The lowest BCUT2D eigenvalue weighted by molar-refractivity contribution is -0.152. The Hall–Kier alpha value is -1.55. The summed E-state index contributed by atoms with van der Waals surface area (Å²) in [5, 5.41) is 9.82. The first-order valence-electron chi connectivity index (χ1n) is 5.06. The van der Waals surface area contributed by atoms with Gasteiger partial charge in [0.15, 0.2) is 0 Å². The number of benzene rings is 1. The van der Waals surface area contributed by atoms with Gasteiger partial charge in [-0.05, 0) is 24.6 Å². The topological polar surface area (TPSA) is 57.6 Å². The third kappa shape index (κ3) is 2.97. The number of carbonyl (C=O) groups excluding carboxylic acids is 1. The Morgan fingerprint density at radius 3 is 2.41 bits per heavy atom. The van der Waals surface area contributed by atoms with E-state index in [1.807, 2.05) is 0 Å². The maximum atomic E-state index is 11.3. The summed E-state index contributed by atoms with van der Waals surface area (Å²) in [6.45, 7) is 1.51. The van der Waals surface area contributed by atoms with Crippen LogP contribution < -0.4 is 0 Å². The van der Waals surface area contributed by atoms with Crippen LogP contribution >= 0.6 is 11.6 Å². The Morgan fingerprint density at radius 2 is 2.00 bits per heavy atom. The molecule has 1 unspecified atom stereocenters. The van der Waals surface area contributed by atoms with Gasteiger partial charge in [0.1, 0.15) is 5.54 Å². The predicted molar refractivity (Wildman–Crippen MR) is 65.0 cm³/mol. The zero-order chi connectivity index (χ0) is 13.1. The molecular weight excluding hydrogens is 242 g/mol. The molecule has 1 N–H and O–H groups in total. The van der Waals surface area contributed by atoms with Gasteiger partial charge < -0.3 is 10.0 Å². The van der Waals surface area contributed by atoms with E-state index in [1.54, 1.807) is 24.3 Å². The number of aliphatic carboxylic acids is 1. The van der Waals surface area contributed by atoms with Crippen LogP contribution in [0, 0.1) is 0 Å². The van der Waals surface area contributed by atoms with Crippen molar-refractivity contribution < 1.29 is 14.7 Å². The predicted octanol–water partition coefficient (Wildman–Crippen LogP) is 1.81. The third-order valence-electron chi connectivity index (χ3n) is 2.86. The molecule has 5 heteroatoms. The highest BCUT2D eigenvalue weighted by Gasteiger charge is 2.37. The number of likely N-dealkylation sites (N-methyl/N-ethyl adjacent to an activating group) is 1. The number of hydrogen-bond acceptors (Lipinski definition) is 2. The van der Waals surface area contributed by atoms with Gasteiger partial charge in [-0.3, -0.25) is 4.79 Å². The van der Waals surface area contributed by atoms with E-state index in [-0.39, 0.29) is 6.42 Å². The molecule has 0 bridgehead atoms. The molecule has 0 aromatic heterocycles. The molecular formula is C12H14ClNO3. The summed E-state index contributed by atoms with van der Waals surface area (Å²) in [5.41, 5.74) is -0.441. The molecule has 0 aliphatic rings.